The fourth-order valence-corrected chi connectivity index (χ4v) is 6.08. The van der Waals surface area contributed by atoms with E-state index in [0.717, 1.165) is 59.6 Å². The summed E-state index contributed by atoms with van der Waals surface area (Å²) in [6.07, 6.45) is 13.0. The molecular formula is C52H54N4. The van der Waals surface area contributed by atoms with Crippen molar-refractivity contribution in [3.05, 3.63) is 154 Å². The fraction of sp³-hybridized carbons (Fsp3) is 0.308. The lowest BCUT2D eigenvalue weighted by atomic mass is 9.98. The Labute approximate surface area is 336 Å². The summed E-state index contributed by atoms with van der Waals surface area (Å²) in [4.78, 5) is 13.8. The highest BCUT2D eigenvalue weighted by Gasteiger charge is 2.09. The van der Waals surface area contributed by atoms with Gasteiger partial charge in [0.2, 0.25) is 0 Å². The first kappa shape index (κ1) is 41.0. The summed E-state index contributed by atoms with van der Waals surface area (Å²) in [6, 6.07) is 32.8. The van der Waals surface area contributed by atoms with Crippen LogP contribution in [0.25, 0.3) is 0 Å². The Morgan fingerprint density at radius 1 is 0.393 bits per heavy atom. The number of aromatic nitrogens is 2. The molecule has 0 saturated carbocycles. The number of hydrogen-bond acceptors (Lipinski definition) is 4. The van der Waals surface area contributed by atoms with E-state index in [4.69, 9.17) is 0 Å². The van der Waals surface area contributed by atoms with Gasteiger partial charge in [0.25, 0.3) is 0 Å². The Kier molecular flexibility index (Phi) is 16.7. The van der Waals surface area contributed by atoms with Crippen LogP contribution in [0.5, 0.6) is 0 Å². The molecule has 0 unspecified atom stereocenters. The van der Waals surface area contributed by atoms with Crippen LogP contribution in [0.15, 0.2) is 109 Å². The number of benzene rings is 3. The molecule has 0 aliphatic carbocycles. The third kappa shape index (κ3) is 13.0. The van der Waals surface area contributed by atoms with E-state index in [1.807, 2.05) is 48.5 Å². The van der Waals surface area contributed by atoms with Gasteiger partial charge in [-0.05, 0) is 122 Å². The fourth-order valence-electron chi connectivity index (χ4n) is 6.08. The van der Waals surface area contributed by atoms with Crippen LogP contribution in [0.2, 0.25) is 0 Å². The number of rotatable bonds is 14. The zero-order valence-electron chi connectivity index (χ0n) is 33.7. The predicted octanol–water partition coefficient (Wildman–Crippen LogP) is 10.9. The Hall–Kier alpha value is -6.20. The minimum absolute atomic E-state index is 0.686. The van der Waals surface area contributed by atoms with Crippen molar-refractivity contribution in [2.24, 2.45) is 0 Å². The molecule has 0 amide bonds. The Morgan fingerprint density at radius 3 is 1.04 bits per heavy atom. The van der Waals surface area contributed by atoms with Gasteiger partial charge in [0.1, 0.15) is 11.4 Å². The molecule has 4 heteroatoms. The molecule has 0 bridgehead atoms. The van der Waals surface area contributed by atoms with Crippen molar-refractivity contribution < 1.29 is 0 Å². The van der Waals surface area contributed by atoms with E-state index >= 15 is 0 Å². The van der Waals surface area contributed by atoms with Gasteiger partial charge in [0.15, 0.2) is 0 Å². The highest BCUT2D eigenvalue weighted by atomic mass is 15.1. The number of nitrogens with zero attached hydrogens (tertiary/aromatic N) is 4. The lowest BCUT2D eigenvalue weighted by molar-refractivity contribution is 0.678. The average molecular weight is 735 g/mol. The van der Waals surface area contributed by atoms with E-state index in [2.05, 4.69) is 143 Å². The number of pyridine rings is 2. The molecule has 0 N–H and O–H groups in total. The number of unbranched alkanes of at least 4 members (excludes halogenated alkanes) is 4. The smallest absolute Gasteiger partial charge is 0.113 e. The van der Waals surface area contributed by atoms with Gasteiger partial charge in [-0.2, -0.15) is 0 Å². The average Bonchev–Trinajstić information content (AvgIpc) is 3.25. The lowest BCUT2D eigenvalue weighted by Gasteiger charge is -2.24. The molecule has 0 aliphatic heterocycles. The molecule has 2 aromatic heterocycles. The standard InChI is InChI=1S/C52H54N4/c1-5-9-37-55(38-10-6-2)51-31-21-43(22-32-51)19-25-45-41-47(27-29-49-17-13-15-35-53-49)48(28-30-50-18-14-16-36-54-50)42-46(45)26-20-44-23-33-52(34-24-44)56(39-11-7-3)40-12-8-4/h13-18,21-24,31-36,41-42H,5-12,37-40H2,1-4H3. The van der Waals surface area contributed by atoms with Crippen LogP contribution in [0.4, 0.5) is 11.4 Å². The lowest BCUT2D eigenvalue weighted by Crippen LogP contribution is -2.25. The molecule has 2 heterocycles. The highest BCUT2D eigenvalue weighted by molar-refractivity contribution is 5.64. The second-order valence-corrected chi connectivity index (χ2v) is 13.9. The van der Waals surface area contributed by atoms with Crippen LogP contribution in [-0.2, 0) is 0 Å². The van der Waals surface area contributed by atoms with E-state index in [1.54, 1.807) is 12.4 Å². The van der Waals surface area contributed by atoms with Gasteiger partial charge in [-0.25, -0.2) is 9.97 Å². The Bertz CT molecular complexity index is 2030. The minimum atomic E-state index is 0.686. The van der Waals surface area contributed by atoms with Gasteiger partial charge in [-0.15, -0.1) is 0 Å². The maximum atomic E-state index is 4.42. The second-order valence-electron chi connectivity index (χ2n) is 13.9. The second kappa shape index (κ2) is 22.9. The van der Waals surface area contributed by atoms with Crippen molar-refractivity contribution >= 4 is 11.4 Å². The maximum absolute atomic E-state index is 4.42. The Morgan fingerprint density at radius 2 is 0.732 bits per heavy atom. The molecule has 0 saturated heterocycles. The van der Waals surface area contributed by atoms with Crippen LogP contribution >= 0.6 is 0 Å². The summed E-state index contributed by atoms with van der Waals surface area (Å²) < 4.78 is 0. The van der Waals surface area contributed by atoms with Crippen LogP contribution in [0, 0.1) is 47.4 Å². The molecule has 0 aliphatic rings. The van der Waals surface area contributed by atoms with Gasteiger partial charge in [-0.1, -0.05) is 101 Å². The van der Waals surface area contributed by atoms with Crippen LogP contribution in [0.3, 0.4) is 0 Å². The highest BCUT2D eigenvalue weighted by Crippen LogP contribution is 2.20. The van der Waals surface area contributed by atoms with Crippen molar-refractivity contribution in [1.29, 1.82) is 0 Å². The monoisotopic (exact) mass is 734 g/mol. The zero-order valence-corrected chi connectivity index (χ0v) is 33.7. The van der Waals surface area contributed by atoms with Crippen molar-refractivity contribution in [2.75, 3.05) is 36.0 Å². The van der Waals surface area contributed by atoms with Crippen LogP contribution in [-0.4, -0.2) is 36.1 Å². The molecule has 282 valence electrons. The molecule has 0 fully saturated rings. The van der Waals surface area contributed by atoms with Gasteiger partial charge < -0.3 is 9.80 Å². The minimum Gasteiger partial charge on any atom is -0.372 e. The third-order valence-corrected chi connectivity index (χ3v) is 9.41. The van der Waals surface area contributed by atoms with Gasteiger partial charge in [0, 0.05) is 83.3 Å². The summed E-state index contributed by atoms with van der Waals surface area (Å²) >= 11 is 0. The molecule has 0 radical (unpaired) electrons. The van der Waals surface area contributed by atoms with E-state index < -0.39 is 0 Å². The number of hydrogen-bond donors (Lipinski definition) is 0. The first-order valence-corrected chi connectivity index (χ1v) is 20.4. The summed E-state index contributed by atoms with van der Waals surface area (Å²) in [5.41, 5.74) is 8.88. The van der Waals surface area contributed by atoms with E-state index in [1.165, 1.54) is 62.7 Å². The first-order valence-electron chi connectivity index (χ1n) is 20.4. The summed E-state index contributed by atoms with van der Waals surface area (Å²) in [5, 5.41) is 0. The van der Waals surface area contributed by atoms with Gasteiger partial charge in [-0.3, -0.25) is 0 Å². The molecule has 4 nitrogen and oxygen atoms in total. The predicted molar refractivity (Wildman–Crippen MR) is 236 cm³/mol. The maximum Gasteiger partial charge on any atom is 0.113 e. The van der Waals surface area contributed by atoms with Crippen molar-refractivity contribution in [3.8, 4) is 47.4 Å². The molecule has 0 atom stereocenters. The summed E-state index contributed by atoms with van der Waals surface area (Å²) in [7, 11) is 0. The zero-order chi connectivity index (χ0) is 39.2. The molecule has 5 rings (SSSR count). The molecule has 5 aromatic rings. The third-order valence-electron chi connectivity index (χ3n) is 9.41. The number of anilines is 2. The van der Waals surface area contributed by atoms with E-state index in [9.17, 15) is 0 Å². The largest absolute Gasteiger partial charge is 0.372 e. The van der Waals surface area contributed by atoms with Gasteiger partial charge >= 0.3 is 0 Å². The van der Waals surface area contributed by atoms with Crippen molar-refractivity contribution in [3.63, 3.8) is 0 Å². The molecule has 0 spiro atoms. The SMILES string of the molecule is CCCCN(CCCC)c1ccc(C#Cc2cc(C#Cc3ccccn3)c(C#Cc3ccccn3)cc2C#Cc2ccc(N(CCCC)CCCC)cc2)cc1. The normalized spacial score (nSPS) is 10.1. The molecule has 3 aromatic carbocycles. The van der Waals surface area contributed by atoms with Crippen molar-refractivity contribution in [2.45, 2.75) is 79.1 Å². The van der Waals surface area contributed by atoms with E-state index in [-0.39, 0.29) is 0 Å². The van der Waals surface area contributed by atoms with Gasteiger partial charge in [0.05, 0.1) is 0 Å². The topological polar surface area (TPSA) is 32.3 Å². The Balaban J connectivity index is 1.56. The van der Waals surface area contributed by atoms with Crippen LogP contribution in [0.1, 0.15) is 124 Å². The van der Waals surface area contributed by atoms with Crippen LogP contribution < -0.4 is 9.80 Å². The summed E-state index contributed by atoms with van der Waals surface area (Å²) in [5.74, 6) is 26.9. The van der Waals surface area contributed by atoms with Crippen molar-refractivity contribution in [1.82, 2.24) is 9.97 Å². The molecular weight excluding hydrogens is 681 g/mol. The first-order chi connectivity index (χ1) is 27.6. The molecule has 56 heavy (non-hydrogen) atoms. The summed E-state index contributed by atoms with van der Waals surface area (Å²) in [6.45, 7) is 13.3. The van der Waals surface area contributed by atoms with E-state index in [0.29, 0.717) is 11.4 Å². The quantitative estimate of drug-likeness (QED) is 0.106.